The van der Waals surface area contributed by atoms with Gasteiger partial charge >= 0.3 is 6.03 Å². The van der Waals surface area contributed by atoms with E-state index in [1.807, 2.05) is 11.4 Å². The first kappa shape index (κ1) is 15.8. The second-order valence-corrected chi connectivity index (χ2v) is 6.98. The maximum atomic E-state index is 12.2. The zero-order valence-electron chi connectivity index (χ0n) is 12.3. The number of halogens is 1. The minimum absolute atomic E-state index is 0.0163. The molecular formula is C15H14BrN3O3S. The Bertz CT molecular complexity index is 762. The molecule has 1 aliphatic rings. The van der Waals surface area contributed by atoms with Crippen molar-refractivity contribution in [1.82, 2.24) is 4.90 Å². The molecule has 0 fully saturated rings. The third-order valence-corrected chi connectivity index (χ3v) is 4.91. The average Bonchev–Trinajstić information content (AvgIpc) is 2.92. The van der Waals surface area contributed by atoms with Crippen LogP contribution in [0, 0.1) is 0 Å². The third kappa shape index (κ3) is 3.83. The molecule has 6 nitrogen and oxygen atoms in total. The lowest BCUT2D eigenvalue weighted by atomic mass is 10.2. The lowest BCUT2D eigenvalue weighted by molar-refractivity contribution is -0.118. The molecule has 120 valence electrons. The zero-order valence-corrected chi connectivity index (χ0v) is 14.7. The van der Waals surface area contributed by atoms with Crippen LogP contribution >= 0.6 is 27.3 Å². The van der Waals surface area contributed by atoms with Gasteiger partial charge in [0.15, 0.2) is 6.61 Å². The number of hydrogen-bond acceptors (Lipinski definition) is 4. The summed E-state index contributed by atoms with van der Waals surface area (Å²) in [5.74, 6) is 0.364. The Hall–Kier alpha value is -2.06. The molecule has 0 unspecified atom stereocenters. The van der Waals surface area contributed by atoms with Crippen molar-refractivity contribution >= 4 is 50.6 Å². The number of benzene rings is 1. The fourth-order valence-corrected chi connectivity index (χ4v) is 3.62. The van der Waals surface area contributed by atoms with Crippen LogP contribution in [-0.2, 0) is 11.3 Å². The quantitative estimate of drug-likeness (QED) is 0.834. The third-order valence-electron chi connectivity index (χ3n) is 3.23. The van der Waals surface area contributed by atoms with Crippen LogP contribution in [0.3, 0.4) is 0 Å². The molecule has 1 aromatic carbocycles. The van der Waals surface area contributed by atoms with Crippen molar-refractivity contribution in [3.63, 3.8) is 0 Å². The Labute approximate surface area is 145 Å². The monoisotopic (exact) mass is 395 g/mol. The second kappa shape index (κ2) is 6.59. The van der Waals surface area contributed by atoms with E-state index in [0.717, 1.165) is 9.35 Å². The van der Waals surface area contributed by atoms with Crippen LogP contribution in [0.4, 0.5) is 16.2 Å². The summed E-state index contributed by atoms with van der Waals surface area (Å²) < 4.78 is 6.35. The highest BCUT2D eigenvalue weighted by Crippen LogP contribution is 2.30. The number of ether oxygens (including phenoxy) is 1. The predicted molar refractivity (Wildman–Crippen MR) is 93.1 cm³/mol. The van der Waals surface area contributed by atoms with Gasteiger partial charge in [-0.25, -0.2) is 4.79 Å². The lowest BCUT2D eigenvalue weighted by Gasteiger charge is -2.20. The van der Waals surface area contributed by atoms with Crippen LogP contribution in [0.5, 0.6) is 5.75 Å². The van der Waals surface area contributed by atoms with Gasteiger partial charge in [0.1, 0.15) is 5.75 Å². The first-order valence-electron chi connectivity index (χ1n) is 6.83. The molecule has 2 heterocycles. The van der Waals surface area contributed by atoms with E-state index < -0.39 is 0 Å². The van der Waals surface area contributed by atoms with E-state index in [-0.39, 0.29) is 18.5 Å². The van der Waals surface area contributed by atoms with E-state index in [0.29, 0.717) is 23.7 Å². The van der Waals surface area contributed by atoms with Gasteiger partial charge in [-0.15, -0.1) is 11.3 Å². The molecule has 1 aliphatic heterocycles. The van der Waals surface area contributed by atoms with Crippen LogP contribution in [0.15, 0.2) is 34.1 Å². The molecule has 23 heavy (non-hydrogen) atoms. The highest BCUT2D eigenvalue weighted by Gasteiger charge is 2.17. The van der Waals surface area contributed by atoms with Gasteiger partial charge in [0.25, 0.3) is 5.91 Å². The summed E-state index contributed by atoms with van der Waals surface area (Å²) in [5.41, 5.74) is 1.22. The smallest absolute Gasteiger partial charge is 0.321 e. The molecule has 0 saturated heterocycles. The maximum absolute atomic E-state index is 12.2. The van der Waals surface area contributed by atoms with Crippen molar-refractivity contribution in [3.05, 3.63) is 39.0 Å². The van der Waals surface area contributed by atoms with Crippen LogP contribution in [-0.4, -0.2) is 30.5 Å². The highest BCUT2D eigenvalue weighted by molar-refractivity contribution is 9.10. The molecule has 0 bridgehead atoms. The molecule has 0 spiro atoms. The number of fused-ring (bicyclic) bond motifs is 1. The first-order valence-corrected chi connectivity index (χ1v) is 8.50. The number of rotatable bonds is 3. The van der Waals surface area contributed by atoms with E-state index in [4.69, 9.17) is 4.74 Å². The fourth-order valence-electron chi connectivity index (χ4n) is 2.11. The number of thiophene rings is 1. The van der Waals surface area contributed by atoms with Crippen molar-refractivity contribution in [1.29, 1.82) is 0 Å². The molecule has 2 N–H and O–H groups in total. The predicted octanol–water partition coefficient (Wildman–Crippen LogP) is 3.51. The molecular weight excluding hydrogens is 382 g/mol. The number of carbonyl (C=O) groups excluding carboxylic acids is 2. The number of nitrogens with zero attached hydrogens (tertiary/aromatic N) is 1. The topological polar surface area (TPSA) is 70.7 Å². The van der Waals surface area contributed by atoms with Gasteiger partial charge in [0.2, 0.25) is 0 Å². The van der Waals surface area contributed by atoms with Crippen LogP contribution in [0.2, 0.25) is 0 Å². The zero-order chi connectivity index (χ0) is 16.4. The van der Waals surface area contributed by atoms with Gasteiger partial charge in [-0.1, -0.05) is 0 Å². The van der Waals surface area contributed by atoms with Gasteiger partial charge in [-0.2, -0.15) is 0 Å². The summed E-state index contributed by atoms with van der Waals surface area (Å²) in [6.45, 7) is 0.511. The second-order valence-electron chi connectivity index (χ2n) is 5.07. The minimum Gasteiger partial charge on any atom is -0.482 e. The Balaban J connectivity index is 1.64. The van der Waals surface area contributed by atoms with Gasteiger partial charge in [0.05, 0.1) is 12.2 Å². The number of anilines is 2. The van der Waals surface area contributed by atoms with Crippen molar-refractivity contribution in [3.8, 4) is 5.75 Å². The Morgan fingerprint density at radius 3 is 3.04 bits per heavy atom. The van der Waals surface area contributed by atoms with E-state index in [1.54, 1.807) is 41.5 Å². The highest BCUT2D eigenvalue weighted by atomic mass is 79.9. The van der Waals surface area contributed by atoms with Crippen molar-refractivity contribution in [2.75, 3.05) is 24.3 Å². The largest absolute Gasteiger partial charge is 0.482 e. The molecule has 0 radical (unpaired) electrons. The molecule has 0 atom stereocenters. The standard InChI is InChI=1S/C15H14BrN3O3S/c1-19(6-11-4-9(16)8-23-11)15(21)17-10-2-3-12-13(5-10)22-7-14(20)18-12/h2-5,8H,6-7H2,1H3,(H,17,21)(H,18,20). The van der Waals surface area contributed by atoms with Crippen LogP contribution in [0.25, 0.3) is 0 Å². The van der Waals surface area contributed by atoms with Gasteiger partial charge in [-0.05, 0) is 34.1 Å². The Morgan fingerprint density at radius 1 is 1.48 bits per heavy atom. The van der Waals surface area contributed by atoms with Gasteiger partial charge < -0.3 is 20.3 Å². The van der Waals surface area contributed by atoms with Gasteiger partial charge in [-0.3, -0.25) is 4.79 Å². The van der Waals surface area contributed by atoms with E-state index in [1.165, 1.54) is 0 Å². The molecule has 1 aromatic heterocycles. The maximum Gasteiger partial charge on any atom is 0.321 e. The first-order chi connectivity index (χ1) is 11.0. The molecule has 8 heteroatoms. The number of urea groups is 1. The Kier molecular flexibility index (Phi) is 4.53. The van der Waals surface area contributed by atoms with Crippen molar-refractivity contribution in [2.45, 2.75) is 6.54 Å². The van der Waals surface area contributed by atoms with E-state index >= 15 is 0 Å². The number of nitrogens with one attached hydrogen (secondary N) is 2. The fraction of sp³-hybridized carbons (Fsp3) is 0.200. The van der Waals surface area contributed by atoms with E-state index in [2.05, 4.69) is 26.6 Å². The Morgan fingerprint density at radius 2 is 2.30 bits per heavy atom. The van der Waals surface area contributed by atoms with Crippen LogP contribution in [0.1, 0.15) is 4.88 Å². The lowest BCUT2D eigenvalue weighted by Crippen LogP contribution is -2.30. The van der Waals surface area contributed by atoms with E-state index in [9.17, 15) is 9.59 Å². The number of carbonyl (C=O) groups is 2. The van der Waals surface area contributed by atoms with Gasteiger partial charge in [0, 0.05) is 33.5 Å². The summed E-state index contributed by atoms with van der Waals surface area (Å²) in [5, 5.41) is 7.51. The molecule has 0 saturated carbocycles. The SMILES string of the molecule is CN(Cc1cc(Br)cs1)C(=O)Nc1ccc2c(c1)OCC(=O)N2. The van der Waals surface area contributed by atoms with Crippen molar-refractivity contribution < 1.29 is 14.3 Å². The molecule has 3 amide bonds. The summed E-state index contributed by atoms with van der Waals surface area (Å²) in [6, 6.07) is 6.90. The van der Waals surface area contributed by atoms with Crippen LogP contribution < -0.4 is 15.4 Å². The minimum atomic E-state index is -0.214. The summed E-state index contributed by atoms with van der Waals surface area (Å²) in [4.78, 5) is 26.2. The molecule has 2 aromatic rings. The normalized spacial score (nSPS) is 12.9. The number of amides is 3. The summed E-state index contributed by atoms with van der Waals surface area (Å²) in [7, 11) is 1.73. The summed E-state index contributed by atoms with van der Waals surface area (Å²) in [6.07, 6.45) is 0. The molecule has 0 aliphatic carbocycles. The molecule has 3 rings (SSSR count). The number of hydrogen-bond donors (Lipinski definition) is 2. The van der Waals surface area contributed by atoms with Crippen molar-refractivity contribution in [2.24, 2.45) is 0 Å². The average molecular weight is 396 g/mol. The summed E-state index contributed by atoms with van der Waals surface area (Å²) >= 11 is 4.99.